The molecule has 0 aromatic heterocycles. The van der Waals surface area contributed by atoms with Crippen molar-refractivity contribution in [2.24, 2.45) is 0 Å². The number of carbonyl (C=O) groups excluding carboxylic acids is 1. The molecule has 3 nitrogen and oxygen atoms in total. The number of hydrogen-bond acceptors (Lipinski definition) is 3. The van der Waals surface area contributed by atoms with E-state index < -0.39 is 0 Å². The second kappa shape index (κ2) is 5.85. The molecule has 0 saturated carbocycles. The van der Waals surface area contributed by atoms with Gasteiger partial charge >= 0.3 is 5.97 Å². The second-order valence-corrected chi connectivity index (χ2v) is 5.47. The van der Waals surface area contributed by atoms with Crippen molar-refractivity contribution in [3.05, 3.63) is 69.8 Å². The maximum absolute atomic E-state index is 11.8. The van der Waals surface area contributed by atoms with Gasteiger partial charge in [0, 0.05) is 16.1 Å². The van der Waals surface area contributed by atoms with Crippen molar-refractivity contribution in [3.63, 3.8) is 0 Å². The van der Waals surface area contributed by atoms with Crippen LogP contribution in [0.1, 0.15) is 27.0 Å². The molecule has 0 bridgehead atoms. The van der Waals surface area contributed by atoms with Crippen LogP contribution in [0.25, 0.3) is 5.57 Å². The second-order valence-electron chi connectivity index (χ2n) is 5.06. The third kappa shape index (κ3) is 2.48. The molecule has 0 spiro atoms. The van der Waals surface area contributed by atoms with Crippen LogP contribution in [0.3, 0.4) is 0 Å². The lowest BCUT2D eigenvalue weighted by Gasteiger charge is -2.21. The molecular weight excluding hydrogens is 300 g/mol. The van der Waals surface area contributed by atoms with Crippen molar-refractivity contribution in [1.82, 2.24) is 0 Å². The Hall–Kier alpha value is -2.26. The van der Waals surface area contributed by atoms with Gasteiger partial charge in [0.2, 0.25) is 0 Å². The van der Waals surface area contributed by atoms with Crippen LogP contribution in [0.5, 0.6) is 5.75 Å². The minimum atomic E-state index is -0.372. The number of fused-ring (bicyclic) bond motifs is 1. The highest BCUT2D eigenvalue weighted by atomic mass is 35.5. The van der Waals surface area contributed by atoms with Gasteiger partial charge in [0.1, 0.15) is 12.4 Å². The average Bonchev–Trinajstić information content (AvgIpc) is 2.53. The monoisotopic (exact) mass is 314 g/mol. The fourth-order valence-corrected chi connectivity index (χ4v) is 2.97. The smallest absolute Gasteiger partial charge is 0.337 e. The Balaban J connectivity index is 2.17. The van der Waals surface area contributed by atoms with E-state index >= 15 is 0 Å². The van der Waals surface area contributed by atoms with Crippen molar-refractivity contribution in [3.8, 4) is 5.75 Å². The molecule has 1 aliphatic heterocycles. The third-order valence-electron chi connectivity index (χ3n) is 3.71. The van der Waals surface area contributed by atoms with Crippen molar-refractivity contribution in [1.29, 1.82) is 0 Å². The summed E-state index contributed by atoms with van der Waals surface area (Å²) in [6.45, 7) is 2.49. The Bertz CT molecular complexity index is 758. The summed E-state index contributed by atoms with van der Waals surface area (Å²) in [7, 11) is 1.37. The number of ether oxygens (including phenoxy) is 2. The quantitative estimate of drug-likeness (QED) is 0.777. The van der Waals surface area contributed by atoms with Crippen molar-refractivity contribution >= 4 is 23.1 Å². The summed E-state index contributed by atoms with van der Waals surface area (Å²) in [6.07, 6.45) is 1.98. The number of aryl methyl sites for hydroxylation is 1. The van der Waals surface area contributed by atoms with Gasteiger partial charge in [0.25, 0.3) is 0 Å². The number of rotatable bonds is 2. The first-order valence-corrected chi connectivity index (χ1v) is 7.31. The van der Waals surface area contributed by atoms with Gasteiger partial charge in [-0.15, -0.1) is 0 Å². The number of benzene rings is 2. The Kier molecular flexibility index (Phi) is 3.90. The lowest BCUT2D eigenvalue weighted by molar-refractivity contribution is 0.0600. The van der Waals surface area contributed by atoms with Crippen LogP contribution in [-0.4, -0.2) is 19.7 Å². The number of methoxy groups -OCH3 is 1. The Morgan fingerprint density at radius 3 is 2.82 bits per heavy atom. The number of halogens is 1. The first-order valence-electron chi connectivity index (χ1n) is 6.93. The molecule has 1 heterocycles. The highest BCUT2D eigenvalue weighted by Crippen LogP contribution is 2.39. The summed E-state index contributed by atoms with van der Waals surface area (Å²) < 4.78 is 10.4. The van der Waals surface area contributed by atoms with E-state index in [0.717, 1.165) is 28.0 Å². The van der Waals surface area contributed by atoms with Crippen LogP contribution in [0.4, 0.5) is 0 Å². The zero-order valence-corrected chi connectivity index (χ0v) is 13.1. The van der Waals surface area contributed by atoms with Crippen molar-refractivity contribution < 1.29 is 14.3 Å². The number of hydrogen-bond donors (Lipinski definition) is 0. The first-order chi connectivity index (χ1) is 10.6. The Morgan fingerprint density at radius 2 is 2.09 bits per heavy atom. The van der Waals surface area contributed by atoms with E-state index in [0.29, 0.717) is 17.2 Å². The van der Waals surface area contributed by atoms with Gasteiger partial charge in [-0.1, -0.05) is 23.7 Å². The fourth-order valence-electron chi connectivity index (χ4n) is 2.65. The molecule has 0 atom stereocenters. The largest absolute Gasteiger partial charge is 0.489 e. The van der Waals surface area contributed by atoms with E-state index in [1.807, 2.05) is 31.2 Å². The van der Waals surface area contributed by atoms with Crippen LogP contribution >= 0.6 is 11.6 Å². The summed E-state index contributed by atoms with van der Waals surface area (Å²) in [5.41, 5.74) is 4.37. The molecule has 112 valence electrons. The van der Waals surface area contributed by atoms with Gasteiger partial charge in [0.05, 0.1) is 12.7 Å². The molecule has 0 unspecified atom stereocenters. The average molecular weight is 315 g/mol. The standard InChI is InChI=1S/C18H15ClO3/c1-11-4-3-5-15(19)17(11)13-8-9-22-16-7-6-12(10-14(13)16)18(20)21-2/h3-8,10H,9H2,1-2H3. The predicted molar refractivity (Wildman–Crippen MR) is 86.5 cm³/mol. The molecule has 22 heavy (non-hydrogen) atoms. The van der Waals surface area contributed by atoms with Gasteiger partial charge in [-0.25, -0.2) is 4.79 Å². The summed E-state index contributed by atoms with van der Waals surface area (Å²) in [5.74, 6) is 0.369. The number of carbonyl (C=O) groups is 1. The van der Waals surface area contributed by atoms with Gasteiger partial charge in [-0.05, 0) is 48.4 Å². The van der Waals surface area contributed by atoms with Gasteiger partial charge in [-0.2, -0.15) is 0 Å². The fraction of sp³-hybridized carbons (Fsp3) is 0.167. The third-order valence-corrected chi connectivity index (χ3v) is 4.02. The van der Waals surface area contributed by atoms with Crippen LogP contribution in [0.2, 0.25) is 5.02 Å². The Labute approximate surface area is 134 Å². The zero-order valence-electron chi connectivity index (χ0n) is 12.4. The van der Waals surface area contributed by atoms with E-state index in [4.69, 9.17) is 21.1 Å². The normalized spacial score (nSPS) is 13.0. The molecule has 0 aliphatic carbocycles. The summed E-state index contributed by atoms with van der Waals surface area (Å²) in [5, 5.41) is 0.683. The van der Waals surface area contributed by atoms with Gasteiger partial charge < -0.3 is 9.47 Å². The predicted octanol–water partition coefficient (Wildman–Crippen LogP) is 4.26. The molecule has 2 aromatic rings. The van der Waals surface area contributed by atoms with Gasteiger partial charge in [0.15, 0.2) is 0 Å². The molecule has 4 heteroatoms. The zero-order chi connectivity index (χ0) is 15.7. The first kappa shape index (κ1) is 14.7. The summed E-state index contributed by atoms with van der Waals surface area (Å²) in [6, 6.07) is 11.1. The molecule has 0 radical (unpaired) electrons. The molecular formula is C18H15ClO3. The lowest BCUT2D eigenvalue weighted by atomic mass is 9.91. The van der Waals surface area contributed by atoms with Crippen molar-refractivity contribution in [2.75, 3.05) is 13.7 Å². The van der Waals surface area contributed by atoms with E-state index in [-0.39, 0.29) is 5.97 Å². The van der Waals surface area contributed by atoms with Crippen LogP contribution in [0, 0.1) is 6.92 Å². The van der Waals surface area contributed by atoms with Crippen LogP contribution in [0.15, 0.2) is 42.5 Å². The summed E-state index contributed by atoms with van der Waals surface area (Å²) >= 11 is 6.39. The number of esters is 1. The van der Waals surface area contributed by atoms with Crippen molar-refractivity contribution in [2.45, 2.75) is 6.92 Å². The molecule has 0 amide bonds. The van der Waals surface area contributed by atoms with Crippen LogP contribution in [-0.2, 0) is 4.74 Å². The maximum atomic E-state index is 11.8. The van der Waals surface area contributed by atoms with E-state index in [1.165, 1.54) is 7.11 Å². The molecule has 3 rings (SSSR count). The maximum Gasteiger partial charge on any atom is 0.337 e. The highest BCUT2D eigenvalue weighted by Gasteiger charge is 2.20. The SMILES string of the molecule is COC(=O)c1ccc2c(c1)C(c1c(C)cccc1Cl)=CCO2. The molecule has 0 N–H and O–H groups in total. The minimum Gasteiger partial charge on any atom is -0.489 e. The molecule has 2 aromatic carbocycles. The highest BCUT2D eigenvalue weighted by molar-refractivity contribution is 6.32. The van der Waals surface area contributed by atoms with E-state index in [9.17, 15) is 4.79 Å². The Morgan fingerprint density at radius 1 is 1.27 bits per heavy atom. The lowest BCUT2D eigenvalue weighted by Crippen LogP contribution is -2.09. The molecule has 0 saturated heterocycles. The topological polar surface area (TPSA) is 35.5 Å². The molecule has 0 fully saturated rings. The van der Waals surface area contributed by atoms with E-state index in [1.54, 1.807) is 18.2 Å². The van der Waals surface area contributed by atoms with Gasteiger partial charge in [-0.3, -0.25) is 0 Å². The molecule has 1 aliphatic rings. The minimum absolute atomic E-state index is 0.372. The summed E-state index contributed by atoms with van der Waals surface area (Å²) in [4.78, 5) is 11.8. The van der Waals surface area contributed by atoms with E-state index in [2.05, 4.69) is 0 Å². The van der Waals surface area contributed by atoms with Crippen LogP contribution < -0.4 is 4.74 Å².